The highest BCUT2D eigenvalue weighted by Gasteiger charge is 2.16. The summed E-state index contributed by atoms with van der Waals surface area (Å²) in [5, 5.41) is 7.30. The molecule has 1 aliphatic heterocycles. The zero-order valence-electron chi connectivity index (χ0n) is 13.0. The van der Waals surface area contributed by atoms with Crippen LogP contribution in [0.1, 0.15) is 36.5 Å². The highest BCUT2D eigenvalue weighted by atomic mass is 35.5. The molecule has 0 bridgehead atoms. The number of carbonyl (C=O) groups excluding carboxylic acids is 2. The van der Waals surface area contributed by atoms with Crippen LogP contribution in [0.4, 0.5) is 0 Å². The molecule has 0 aromatic heterocycles. The summed E-state index contributed by atoms with van der Waals surface area (Å²) in [4.78, 5) is 23.7. The second kappa shape index (κ2) is 8.64. The summed E-state index contributed by atoms with van der Waals surface area (Å²) in [7, 11) is 0. The van der Waals surface area contributed by atoms with Gasteiger partial charge in [-0.15, -0.1) is 0 Å². The fourth-order valence-corrected chi connectivity index (χ4v) is 2.31. The van der Waals surface area contributed by atoms with Gasteiger partial charge in [0.25, 0.3) is 5.91 Å². The highest BCUT2D eigenvalue weighted by molar-refractivity contribution is 6.30. The van der Waals surface area contributed by atoms with Crippen molar-refractivity contribution >= 4 is 29.1 Å². The second-order valence-corrected chi connectivity index (χ2v) is 5.85. The molecule has 1 fully saturated rings. The first-order valence-electron chi connectivity index (χ1n) is 7.52. The van der Waals surface area contributed by atoms with E-state index in [1.807, 2.05) is 0 Å². The number of nitrogens with one attached hydrogen (secondary N) is 2. The zero-order chi connectivity index (χ0) is 16.7. The number of ether oxygens (including phenoxy) is 1. The molecule has 7 heteroatoms. The monoisotopic (exact) mass is 337 g/mol. The summed E-state index contributed by atoms with van der Waals surface area (Å²) in [6, 6.07) is 6.48. The van der Waals surface area contributed by atoms with E-state index >= 15 is 0 Å². The van der Waals surface area contributed by atoms with Gasteiger partial charge in [0.15, 0.2) is 0 Å². The fraction of sp³-hybridized carbons (Fsp3) is 0.438. The Morgan fingerprint density at radius 3 is 2.74 bits per heavy atom. The summed E-state index contributed by atoms with van der Waals surface area (Å²) >= 11 is 5.77. The SMILES string of the molecule is CC(CC(=O)NCC1CCCO1)=NNC(=O)c1ccc(Cl)cc1. The molecule has 1 aliphatic rings. The van der Waals surface area contributed by atoms with Crippen LogP contribution in [0.5, 0.6) is 0 Å². The normalized spacial score (nSPS) is 17.8. The van der Waals surface area contributed by atoms with Crippen LogP contribution in [0.3, 0.4) is 0 Å². The molecular formula is C16H20ClN3O3. The van der Waals surface area contributed by atoms with Crippen molar-refractivity contribution in [2.75, 3.05) is 13.2 Å². The van der Waals surface area contributed by atoms with Crippen LogP contribution in [-0.4, -0.2) is 36.8 Å². The van der Waals surface area contributed by atoms with Crippen LogP contribution >= 0.6 is 11.6 Å². The lowest BCUT2D eigenvalue weighted by atomic mass is 10.2. The maximum atomic E-state index is 11.9. The number of hydrogen-bond donors (Lipinski definition) is 2. The minimum absolute atomic E-state index is 0.112. The predicted molar refractivity (Wildman–Crippen MR) is 88.6 cm³/mol. The van der Waals surface area contributed by atoms with Crippen LogP contribution in [0, 0.1) is 0 Å². The van der Waals surface area contributed by atoms with Gasteiger partial charge in [0, 0.05) is 29.4 Å². The molecule has 1 unspecified atom stereocenters. The summed E-state index contributed by atoms with van der Waals surface area (Å²) in [6.07, 6.45) is 2.26. The first kappa shape index (κ1) is 17.4. The molecule has 1 aromatic carbocycles. The lowest BCUT2D eigenvalue weighted by molar-refractivity contribution is -0.120. The summed E-state index contributed by atoms with van der Waals surface area (Å²) < 4.78 is 5.43. The minimum atomic E-state index is -0.346. The van der Waals surface area contributed by atoms with Crippen molar-refractivity contribution in [1.29, 1.82) is 0 Å². The molecule has 6 nitrogen and oxygen atoms in total. The van der Waals surface area contributed by atoms with Gasteiger partial charge in [-0.2, -0.15) is 5.10 Å². The van der Waals surface area contributed by atoms with E-state index in [0.717, 1.165) is 19.4 Å². The maximum absolute atomic E-state index is 11.9. The third-order valence-electron chi connectivity index (χ3n) is 3.42. The Morgan fingerprint density at radius 1 is 1.35 bits per heavy atom. The number of hydrogen-bond acceptors (Lipinski definition) is 4. The minimum Gasteiger partial charge on any atom is -0.376 e. The van der Waals surface area contributed by atoms with Gasteiger partial charge in [-0.1, -0.05) is 11.6 Å². The Labute approximate surface area is 140 Å². The maximum Gasteiger partial charge on any atom is 0.271 e. The molecule has 0 radical (unpaired) electrons. The van der Waals surface area contributed by atoms with E-state index in [9.17, 15) is 9.59 Å². The molecule has 0 saturated carbocycles. The van der Waals surface area contributed by atoms with Crippen LogP contribution < -0.4 is 10.7 Å². The molecule has 1 heterocycles. The van der Waals surface area contributed by atoms with E-state index in [1.54, 1.807) is 31.2 Å². The summed E-state index contributed by atoms with van der Waals surface area (Å²) in [5.74, 6) is -0.483. The Morgan fingerprint density at radius 2 is 2.09 bits per heavy atom. The van der Waals surface area contributed by atoms with Crippen LogP contribution in [-0.2, 0) is 9.53 Å². The van der Waals surface area contributed by atoms with Crippen molar-refractivity contribution in [3.05, 3.63) is 34.9 Å². The molecule has 0 spiro atoms. The standard InChI is InChI=1S/C16H20ClN3O3/c1-11(9-15(21)18-10-14-3-2-8-23-14)19-20-16(22)12-4-6-13(17)7-5-12/h4-7,14H,2-3,8-10H2,1H3,(H,18,21)(H,20,22). The first-order chi connectivity index (χ1) is 11.0. The molecule has 2 amide bonds. The fourth-order valence-electron chi connectivity index (χ4n) is 2.18. The van der Waals surface area contributed by atoms with Crippen LogP contribution in [0.25, 0.3) is 0 Å². The number of carbonyl (C=O) groups is 2. The van der Waals surface area contributed by atoms with E-state index in [2.05, 4.69) is 15.8 Å². The van der Waals surface area contributed by atoms with E-state index in [4.69, 9.17) is 16.3 Å². The molecule has 124 valence electrons. The van der Waals surface area contributed by atoms with Crippen molar-refractivity contribution < 1.29 is 14.3 Å². The third-order valence-corrected chi connectivity index (χ3v) is 3.67. The Bertz CT molecular complexity index is 581. The second-order valence-electron chi connectivity index (χ2n) is 5.41. The third kappa shape index (κ3) is 6.00. The van der Waals surface area contributed by atoms with Crippen molar-refractivity contribution in [3.8, 4) is 0 Å². The molecule has 1 aromatic rings. The van der Waals surface area contributed by atoms with Gasteiger partial charge in [0.1, 0.15) is 0 Å². The Kier molecular flexibility index (Phi) is 6.55. The zero-order valence-corrected chi connectivity index (χ0v) is 13.7. The molecule has 1 saturated heterocycles. The number of hydrazone groups is 1. The highest BCUT2D eigenvalue weighted by Crippen LogP contribution is 2.10. The first-order valence-corrected chi connectivity index (χ1v) is 7.90. The van der Waals surface area contributed by atoms with Crippen molar-refractivity contribution in [2.24, 2.45) is 5.10 Å². The average molecular weight is 338 g/mol. The van der Waals surface area contributed by atoms with Gasteiger partial charge in [-0.05, 0) is 44.0 Å². The van der Waals surface area contributed by atoms with E-state index in [1.165, 1.54) is 0 Å². The quantitative estimate of drug-likeness (QED) is 0.616. The average Bonchev–Trinajstić information content (AvgIpc) is 3.05. The number of nitrogens with zero attached hydrogens (tertiary/aromatic N) is 1. The van der Waals surface area contributed by atoms with Crippen molar-refractivity contribution in [2.45, 2.75) is 32.3 Å². The molecular weight excluding hydrogens is 318 g/mol. The van der Waals surface area contributed by atoms with E-state index in [-0.39, 0.29) is 24.3 Å². The van der Waals surface area contributed by atoms with Gasteiger partial charge in [-0.25, -0.2) is 5.43 Å². The lowest BCUT2D eigenvalue weighted by Gasteiger charge is -2.10. The number of halogens is 1. The smallest absolute Gasteiger partial charge is 0.271 e. The molecule has 23 heavy (non-hydrogen) atoms. The molecule has 2 N–H and O–H groups in total. The largest absolute Gasteiger partial charge is 0.376 e. The van der Waals surface area contributed by atoms with E-state index in [0.29, 0.717) is 22.8 Å². The molecule has 2 rings (SSSR count). The van der Waals surface area contributed by atoms with E-state index < -0.39 is 0 Å². The Hall–Kier alpha value is -1.92. The van der Waals surface area contributed by atoms with Crippen LogP contribution in [0.2, 0.25) is 5.02 Å². The number of amides is 2. The Balaban J connectivity index is 1.74. The summed E-state index contributed by atoms with van der Waals surface area (Å²) in [5.41, 5.74) is 3.40. The van der Waals surface area contributed by atoms with Crippen molar-refractivity contribution in [3.63, 3.8) is 0 Å². The van der Waals surface area contributed by atoms with Gasteiger partial charge < -0.3 is 10.1 Å². The lowest BCUT2D eigenvalue weighted by Crippen LogP contribution is -2.33. The topological polar surface area (TPSA) is 79.8 Å². The molecule has 1 atom stereocenters. The summed E-state index contributed by atoms with van der Waals surface area (Å²) in [6.45, 7) is 2.97. The van der Waals surface area contributed by atoms with Gasteiger partial charge >= 0.3 is 0 Å². The van der Waals surface area contributed by atoms with Gasteiger partial charge in [0.05, 0.1) is 12.5 Å². The van der Waals surface area contributed by atoms with Gasteiger partial charge in [-0.3, -0.25) is 9.59 Å². The predicted octanol–water partition coefficient (Wildman–Crippen LogP) is 2.13. The number of benzene rings is 1. The van der Waals surface area contributed by atoms with Gasteiger partial charge in [0.2, 0.25) is 5.91 Å². The number of rotatable bonds is 6. The van der Waals surface area contributed by atoms with Crippen molar-refractivity contribution in [1.82, 2.24) is 10.7 Å². The van der Waals surface area contributed by atoms with Crippen LogP contribution in [0.15, 0.2) is 29.4 Å². The molecule has 0 aliphatic carbocycles.